The maximum Gasteiger partial charge on any atom is 0.354 e. The van der Waals surface area contributed by atoms with E-state index < -0.39 is 23.9 Å². The lowest BCUT2D eigenvalue weighted by atomic mass is 9.98. The number of urea groups is 1. The Balaban J connectivity index is 2.80. The molecule has 1 aromatic rings. The van der Waals surface area contributed by atoms with E-state index in [1.165, 1.54) is 18.3 Å². The Labute approximate surface area is 121 Å². The largest absolute Gasteiger partial charge is 0.477 e. The summed E-state index contributed by atoms with van der Waals surface area (Å²) in [6.45, 7) is 3.70. The summed E-state index contributed by atoms with van der Waals surface area (Å²) in [7, 11) is 0. The number of primary amides is 1. The molecular weight excluding hydrogens is 276 g/mol. The third-order valence-electron chi connectivity index (χ3n) is 3.04. The molecule has 0 aromatic carbocycles. The smallest absolute Gasteiger partial charge is 0.354 e. The summed E-state index contributed by atoms with van der Waals surface area (Å²) in [5.41, 5.74) is 5.28. The van der Waals surface area contributed by atoms with Gasteiger partial charge in [0.25, 0.3) is 0 Å². The Hall–Kier alpha value is -2.64. The van der Waals surface area contributed by atoms with Crippen LogP contribution in [0.4, 0.5) is 10.5 Å². The molecule has 1 heterocycles. The van der Waals surface area contributed by atoms with E-state index in [1.807, 2.05) is 13.8 Å². The van der Waals surface area contributed by atoms with Crippen LogP contribution in [-0.2, 0) is 4.79 Å². The van der Waals surface area contributed by atoms with Crippen LogP contribution >= 0.6 is 0 Å². The van der Waals surface area contributed by atoms with Crippen molar-refractivity contribution in [3.05, 3.63) is 24.0 Å². The summed E-state index contributed by atoms with van der Waals surface area (Å²) in [5.74, 6) is -1.70. The number of aromatic nitrogens is 1. The van der Waals surface area contributed by atoms with Crippen LogP contribution in [0.2, 0.25) is 0 Å². The van der Waals surface area contributed by atoms with Crippen LogP contribution < -0.4 is 16.4 Å². The van der Waals surface area contributed by atoms with Gasteiger partial charge in [0.05, 0.1) is 11.9 Å². The van der Waals surface area contributed by atoms with Crippen molar-refractivity contribution in [2.75, 3.05) is 5.32 Å². The van der Waals surface area contributed by atoms with Crippen molar-refractivity contribution in [2.24, 2.45) is 11.7 Å². The maximum absolute atomic E-state index is 12.1. The molecular formula is C13H18N4O4. The van der Waals surface area contributed by atoms with Crippen molar-refractivity contribution in [2.45, 2.75) is 26.3 Å². The first kappa shape index (κ1) is 16.4. The fourth-order valence-electron chi connectivity index (χ4n) is 1.67. The van der Waals surface area contributed by atoms with Gasteiger partial charge in [-0.05, 0) is 18.1 Å². The molecule has 2 atom stereocenters. The summed E-state index contributed by atoms with van der Waals surface area (Å²) in [6, 6.07) is 1.14. The molecule has 0 spiro atoms. The predicted molar refractivity (Wildman–Crippen MR) is 75.8 cm³/mol. The minimum absolute atomic E-state index is 0.108. The first-order valence-corrected chi connectivity index (χ1v) is 6.41. The third-order valence-corrected chi connectivity index (χ3v) is 3.04. The average Bonchev–Trinajstić information content (AvgIpc) is 2.44. The molecule has 3 amide bonds. The quantitative estimate of drug-likeness (QED) is 0.615. The number of anilines is 1. The lowest BCUT2D eigenvalue weighted by molar-refractivity contribution is -0.119. The highest BCUT2D eigenvalue weighted by atomic mass is 16.4. The summed E-state index contributed by atoms with van der Waals surface area (Å²) in [5, 5.41) is 13.7. The van der Waals surface area contributed by atoms with Crippen LogP contribution in [0.5, 0.6) is 0 Å². The van der Waals surface area contributed by atoms with Crippen LogP contribution in [0.15, 0.2) is 18.3 Å². The molecule has 0 fully saturated rings. The van der Waals surface area contributed by atoms with Gasteiger partial charge in [-0.3, -0.25) is 4.79 Å². The molecule has 1 aromatic heterocycles. The van der Waals surface area contributed by atoms with E-state index in [9.17, 15) is 14.4 Å². The van der Waals surface area contributed by atoms with Crippen molar-refractivity contribution in [3.8, 4) is 0 Å². The number of hydrogen-bond acceptors (Lipinski definition) is 4. The van der Waals surface area contributed by atoms with Crippen molar-refractivity contribution < 1.29 is 19.5 Å². The van der Waals surface area contributed by atoms with Gasteiger partial charge in [-0.15, -0.1) is 0 Å². The van der Waals surface area contributed by atoms with Crippen molar-refractivity contribution in [1.29, 1.82) is 0 Å². The molecule has 0 radical (unpaired) electrons. The monoisotopic (exact) mass is 294 g/mol. The van der Waals surface area contributed by atoms with Gasteiger partial charge in [0.15, 0.2) is 0 Å². The Morgan fingerprint density at radius 1 is 1.38 bits per heavy atom. The number of carbonyl (C=O) groups is 3. The summed E-state index contributed by atoms with van der Waals surface area (Å²) in [6.07, 6.45) is 1.91. The van der Waals surface area contributed by atoms with Crippen LogP contribution in [0.1, 0.15) is 30.8 Å². The van der Waals surface area contributed by atoms with E-state index in [-0.39, 0.29) is 11.6 Å². The highest BCUT2D eigenvalue weighted by Gasteiger charge is 2.25. The van der Waals surface area contributed by atoms with Crippen molar-refractivity contribution in [1.82, 2.24) is 10.3 Å². The first-order valence-electron chi connectivity index (χ1n) is 6.41. The molecule has 0 aliphatic rings. The van der Waals surface area contributed by atoms with Crippen molar-refractivity contribution >= 4 is 23.6 Å². The lowest BCUT2D eigenvalue weighted by Gasteiger charge is -2.22. The van der Waals surface area contributed by atoms with Crippen molar-refractivity contribution in [3.63, 3.8) is 0 Å². The summed E-state index contributed by atoms with van der Waals surface area (Å²) < 4.78 is 0. The predicted octanol–water partition coefficient (Wildman–Crippen LogP) is 0.801. The fourth-order valence-corrected chi connectivity index (χ4v) is 1.67. The molecule has 5 N–H and O–H groups in total. The number of pyridine rings is 1. The number of amides is 3. The van der Waals surface area contributed by atoms with Gasteiger partial charge >= 0.3 is 12.0 Å². The van der Waals surface area contributed by atoms with E-state index in [2.05, 4.69) is 15.6 Å². The van der Waals surface area contributed by atoms with E-state index >= 15 is 0 Å². The fraction of sp³-hybridized carbons (Fsp3) is 0.385. The minimum atomic E-state index is -1.15. The highest BCUT2D eigenvalue weighted by molar-refractivity contribution is 5.97. The molecule has 0 saturated carbocycles. The number of rotatable bonds is 6. The summed E-state index contributed by atoms with van der Waals surface area (Å²) >= 11 is 0. The second-order valence-electron chi connectivity index (χ2n) is 4.60. The molecule has 0 aliphatic carbocycles. The van der Waals surface area contributed by atoms with Gasteiger partial charge in [-0.25, -0.2) is 14.6 Å². The SMILES string of the molecule is CCC(C)C(NC(N)=O)C(=O)Nc1ccc(C(=O)O)nc1. The van der Waals surface area contributed by atoms with Gasteiger partial charge in [-0.1, -0.05) is 20.3 Å². The van der Waals surface area contributed by atoms with E-state index in [0.717, 1.165) is 0 Å². The zero-order valence-electron chi connectivity index (χ0n) is 11.8. The molecule has 21 heavy (non-hydrogen) atoms. The zero-order valence-corrected chi connectivity index (χ0v) is 11.8. The number of nitrogens with zero attached hydrogens (tertiary/aromatic N) is 1. The Morgan fingerprint density at radius 3 is 2.48 bits per heavy atom. The first-order chi connectivity index (χ1) is 9.85. The average molecular weight is 294 g/mol. The molecule has 2 unspecified atom stereocenters. The lowest BCUT2D eigenvalue weighted by Crippen LogP contribution is -2.49. The van der Waals surface area contributed by atoms with Crippen LogP contribution in [0.3, 0.4) is 0 Å². The maximum atomic E-state index is 12.1. The van der Waals surface area contributed by atoms with Crippen LogP contribution in [0.25, 0.3) is 0 Å². The number of nitrogens with one attached hydrogen (secondary N) is 2. The second kappa shape index (κ2) is 7.22. The number of carboxylic acids is 1. The van der Waals surface area contributed by atoms with Gasteiger partial charge in [0.2, 0.25) is 5.91 Å². The van der Waals surface area contributed by atoms with E-state index in [4.69, 9.17) is 10.8 Å². The van der Waals surface area contributed by atoms with Crippen LogP contribution in [0, 0.1) is 5.92 Å². The Bertz CT molecular complexity index is 529. The molecule has 8 nitrogen and oxygen atoms in total. The van der Waals surface area contributed by atoms with E-state index in [0.29, 0.717) is 12.1 Å². The number of carbonyl (C=O) groups excluding carboxylic acids is 2. The van der Waals surface area contributed by atoms with Gasteiger partial charge in [0, 0.05) is 0 Å². The molecule has 1 rings (SSSR count). The molecule has 114 valence electrons. The van der Waals surface area contributed by atoms with E-state index in [1.54, 1.807) is 0 Å². The number of carboxylic acid groups (broad SMARTS) is 1. The summed E-state index contributed by atoms with van der Waals surface area (Å²) in [4.78, 5) is 37.5. The molecule has 0 bridgehead atoms. The topological polar surface area (TPSA) is 134 Å². The third kappa shape index (κ3) is 4.75. The Morgan fingerprint density at radius 2 is 2.05 bits per heavy atom. The number of aromatic carboxylic acids is 1. The molecule has 0 saturated heterocycles. The molecule has 0 aliphatic heterocycles. The Kier molecular flexibility index (Phi) is 5.65. The zero-order chi connectivity index (χ0) is 16.0. The van der Waals surface area contributed by atoms with Gasteiger partial charge < -0.3 is 21.5 Å². The normalized spacial score (nSPS) is 13.0. The van der Waals surface area contributed by atoms with Crippen LogP contribution in [-0.4, -0.2) is 34.0 Å². The number of nitrogens with two attached hydrogens (primary N) is 1. The van der Waals surface area contributed by atoms with Gasteiger partial charge in [-0.2, -0.15) is 0 Å². The second-order valence-corrected chi connectivity index (χ2v) is 4.60. The number of hydrogen-bond donors (Lipinski definition) is 4. The minimum Gasteiger partial charge on any atom is -0.477 e. The highest BCUT2D eigenvalue weighted by Crippen LogP contribution is 2.12. The molecule has 8 heteroatoms. The standard InChI is InChI=1S/C13H18N4O4/c1-3-7(2)10(17-13(14)21)11(18)16-8-4-5-9(12(19)20)15-6-8/h4-7,10H,3H2,1-2H3,(H,16,18)(H,19,20)(H3,14,17,21). The van der Waals surface area contributed by atoms with Gasteiger partial charge in [0.1, 0.15) is 11.7 Å².